The summed E-state index contributed by atoms with van der Waals surface area (Å²) in [7, 11) is 2.73. The number of benzene rings is 2. The molecule has 0 spiro atoms. The van der Waals surface area contributed by atoms with Crippen LogP contribution in [-0.2, 0) is 11.2 Å². The predicted molar refractivity (Wildman–Crippen MR) is 115 cm³/mol. The summed E-state index contributed by atoms with van der Waals surface area (Å²) in [5.74, 6) is -0.587. The van der Waals surface area contributed by atoms with E-state index in [1.807, 2.05) is 0 Å². The fourth-order valence-electron chi connectivity index (χ4n) is 3.67. The molecule has 9 nitrogen and oxygen atoms in total. The number of rotatable bonds is 9. The van der Waals surface area contributed by atoms with Crippen LogP contribution in [0.1, 0.15) is 35.2 Å². The van der Waals surface area contributed by atoms with E-state index in [-0.39, 0.29) is 41.0 Å². The number of ether oxygens (including phenoxy) is 2. The molecule has 32 heavy (non-hydrogen) atoms. The SMILES string of the molecule is COc1cc(C(=O)NCCCCN2C(=O)CCc3cc(F)ccc32)c([N+](=O)[O-])cc1OC. The summed E-state index contributed by atoms with van der Waals surface area (Å²) in [5, 5.41) is 14.0. The molecule has 0 atom stereocenters. The first kappa shape index (κ1) is 23.0. The van der Waals surface area contributed by atoms with Crippen LogP contribution < -0.4 is 19.7 Å². The Morgan fingerprint density at radius 1 is 1.16 bits per heavy atom. The monoisotopic (exact) mass is 445 g/mol. The van der Waals surface area contributed by atoms with E-state index in [4.69, 9.17) is 9.47 Å². The number of anilines is 1. The molecule has 0 saturated carbocycles. The van der Waals surface area contributed by atoms with E-state index >= 15 is 0 Å². The average Bonchev–Trinajstić information content (AvgIpc) is 2.78. The van der Waals surface area contributed by atoms with Crippen molar-refractivity contribution in [1.82, 2.24) is 5.32 Å². The Hall–Kier alpha value is -3.69. The van der Waals surface area contributed by atoms with Gasteiger partial charge in [-0.05, 0) is 43.0 Å². The highest BCUT2D eigenvalue weighted by molar-refractivity contribution is 5.99. The molecule has 0 saturated heterocycles. The number of halogens is 1. The Morgan fingerprint density at radius 3 is 2.56 bits per heavy atom. The predicted octanol–water partition coefficient (Wildman–Crippen LogP) is 3.24. The normalized spacial score (nSPS) is 12.8. The van der Waals surface area contributed by atoms with Gasteiger partial charge in [-0.25, -0.2) is 4.39 Å². The topological polar surface area (TPSA) is 111 Å². The Kier molecular flexibility index (Phi) is 7.24. The third-order valence-corrected chi connectivity index (χ3v) is 5.28. The lowest BCUT2D eigenvalue weighted by Gasteiger charge is -2.29. The molecular formula is C22H24FN3O6. The van der Waals surface area contributed by atoms with Gasteiger partial charge >= 0.3 is 0 Å². The number of fused-ring (bicyclic) bond motifs is 1. The van der Waals surface area contributed by atoms with Crippen LogP contribution in [0, 0.1) is 15.9 Å². The first-order chi connectivity index (χ1) is 15.3. The number of nitro groups is 1. The van der Waals surface area contributed by atoms with Crippen molar-refractivity contribution in [2.24, 2.45) is 0 Å². The molecule has 2 aromatic rings. The number of methoxy groups -OCH3 is 2. The second-order valence-electron chi connectivity index (χ2n) is 7.26. The van der Waals surface area contributed by atoms with Gasteiger partial charge in [-0.3, -0.25) is 19.7 Å². The number of nitrogens with one attached hydrogen (secondary N) is 1. The molecule has 1 aliphatic rings. The van der Waals surface area contributed by atoms with Crippen LogP contribution in [0.25, 0.3) is 0 Å². The van der Waals surface area contributed by atoms with Crippen molar-refractivity contribution in [2.75, 3.05) is 32.2 Å². The summed E-state index contributed by atoms with van der Waals surface area (Å²) >= 11 is 0. The summed E-state index contributed by atoms with van der Waals surface area (Å²) in [6.45, 7) is 0.701. The molecule has 10 heteroatoms. The molecule has 2 aromatic carbocycles. The number of carbonyl (C=O) groups excluding carboxylic acids is 2. The van der Waals surface area contributed by atoms with Gasteiger partial charge in [-0.15, -0.1) is 0 Å². The lowest BCUT2D eigenvalue weighted by molar-refractivity contribution is -0.385. The molecule has 0 unspecified atom stereocenters. The summed E-state index contributed by atoms with van der Waals surface area (Å²) in [6.07, 6.45) is 1.99. The van der Waals surface area contributed by atoms with Crippen molar-refractivity contribution >= 4 is 23.2 Å². The molecule has 170 valence electrons. The maximum Gasteiger partial charge on any atom is 0.286 e. The van der Waals surface area contributed by atoms with Crippen molar-refractivity contribution < 1.29 is 28.4 Å². The molecule has 3 rings (SSSR count). The number of aryl methyl sites for hydroxylation is 1. The first-order valence-corrected chi connectivity index (χ1v) is 10.1. The minimum absolute atomic E-state index is 0.0194. The van der Waals surface area contributed by atoms with Crippen molar-refractivity contribution in [3.63, 3.8) is 0 Å². The highest BCUT2D eigenvalue weighted by Gasteiger charge is 2.25. The number of nitrogens with zero attached hydrogens (tertiary/aromatic N) is 2. The first-order valence-electron chi connectivity index (χ1n) is 10.1. The van der Waals surface area contributed by atoms with E-state index in [1.54, 1.807) is 11.0 Å². The van der Waals surface area contributed by atoms with Gasteiger partial charge < -0.3 is 19.7 Å². The van der Waals surface area contributed by atoms with Crippen LogP contribution in [0.15, 0.2) is 30.3 Å². The fourth-order valence-corrected chi connectivity index (χ4v) is 3.67. The van der Waals surface area contributed by atoms with Crippen LogP contribution in [0.4, 0.5) is 15.8 Å². The zero-order valence-electron chi connectivity index (χ0n) is 17.9. The summed E-state index contributed by atoms with van der Waals surface area (Å²) in [5.41, 5.74) is 1.00. The zero-order chi connectivity index (χ0) is 23.3. The summed E-state index contributed by atoms with van der Waals surface area (Å²) in [6, 6.07) is 6.82. The second kappa shape index (κ2) is 10.1. The zero-order valence-corrected chi connectivity index (χ0v) is 17.9. The Bertz CT molecular complexity index is 1040. The Balaban J connectivity index is 1.58. The van der Waals surface area contributed by atoms with Crippen molar-refractivity contribution in [3.05, 3.63) is 57.4 Å². The maximum atomic E-state index is 13.5. The lowest BCUT2D eigenvalue weighted by Crippen LogP contribution is -2.36. The van der Waals surface area contributed by atoms with Gasteiger partial charge in [0.25, 0.3) is 11.6 Å². The van der Waals surface area contributed by atoms with Gasteiger partial charge in [0.1, 0.15) is 11.4 Å². The van der Waals surface area contributed by atoms with Crippen LogP contribution in [0.3, 0.4) is 0 Å². The van der Waals surface area contributed by atoms with E-state index in [2.05, 4.69) is 5.32 Å². The molecular weight excluding hydrogens is 421 g/mol. The Morgan fingerprint density at radius 2 is 1.88 bits per heavy atom. The molecule has 1 heterocycles. The number of nitro benzene ring substituents is 1. The van der Waals surface area contributed by atoms with Gasteiger partial charge in [-0.2, -0.15) is 0 Å². The van der Waals surface area contributed by atoms with Gasteiger partial charge in [0.15, 0.2) is 11.5 Å². The number of hydrogen-bond donors (Lipinski definition) is 1. The molecule has 1 aliphatic heterocycles. The number of hydrogen-bond acceptors (Lipinski definition) is 6. The standard InChI is InChI=1S/C22H24FN3O6/c1-31-19-12-16(18(26(29)30)13-20(19)32-2)22(28)24-9-3-4-10-25-17-7-6-15(23)11-14(17)5-8-21(25)27/h6-7,11-13H,3-5,8-10H2,1-2H3,(H,24,28). The third kappa shape index (κ3) is 4.96. The van der Waals surface area contributed by atoms with Crippen LogP contribution >= 0.6 is 0 Å². The van der Waals surface area contributed by atoms with Crippen molar-refractivity contribution in [2.45, 2.75) is 25.7 Å². The highest BCUT2D eigenvalue weighted by atomic mass is 19.1. The van der Waals surface area contributed by atoms with Gasteiger partial charge in [0.2, 0.25) is 5.91 Å². The third-order valence-electron chi connectivity index (χ3n) is 5.28. The second-order valence-corrected chi connectivity index (χ2v) is 7.26. The minimum Gasteiger partial charge on any atom is -0.493 e. The molecule has 0 aliphatic carbocycles. The van der Waals surface area contributed by atoms with Gasteiger partial charge in [0.05, 0.1) is 25.2 Å². The van der Waals surface area contributed by atoms with Crippen LogP contribution in [0.5, 0.6) is 11.5 Å². The molecule has 0 fully saturated rings. The van der Waals surface area contributed by atoms with E-state index in [9.17, 15) is 24.1 Å². The highest BCUT2D eigenvalue weighted by Crippen LogP contribution is 2.34. The molecule has 0 aromatic heterocycles. The van der Waals surface area contributed by atoms with E-state index in [0.29, 0.717) is 37.9 Å². The molecule has 0 radical (unpaired) electrons. The number of unbranched alkanes of at least 4 members (excludes halogenated alkanes) is 1. The quantitative estimate of drug-likeness (QED) is 0.360. The van der Waals surface area contributed by atoms with E-state index < -0.39 is 10.8 Å². The number of amides is 2. The van der Waals surface area contributed by atoms with Gasteiger partial charge in [0, 0.05) is 31.3 Å². The molecule has 2 amide bonds. The van der Waals surface area contributed by atoms with Crippen molar-refractivity contribution in [1.29, 1.82) is 0 Å². The number of carbonyl (C=O) groups is 2. The molecule has 0 bridgehead atoms. The van der Waals surface area contributed by atoms with Gasteiger partial charge in [-0.1, -0.05) is 0 Å². The van der Waals surface area contributed by atoms with Crippen LogP contribution in [0.2, 0.25) is 0 Å². The fraction of sp³-hybridized carbons (Fsp3) is 0.364. The summed E-state index contributed by atoms with van der Waals surface area (Å²) < 4.78 is 23.6. The lowest BCUT2D eigenvalue weighted by atomic mass is 10.0. The largest absolute Gasteiger partial charge is 0.493 e. The summed E-state index contributed by atoms with van der Waals surface area (Å²) in [4.78, 5) is 37.2. The van der Waals surface area contributed by atoms with E-state index in [0.717, 1.165) is 11.6 Å². The molecule has 1 N–H and O–H groups in total. The van der Waals surface area contributed by atoms with E-state index in [1.165, 1.54) is 32.4 Å². The van der Waals surface area contributed by atoms with Crippen molar-refractivity contribution in [3.8, 4) is 11.5 Å². The average molecular weight is 445 g/mol. The Labute approximate surface area is 184 Å². The van der Waals surface area contributed by atoms with Crippen LogP contribution in [-0.4, -0.2) is 44.0 Å². The smallest absolute Gasteiger partial charge is 0.286 e. The minimum atomic E-state index is -0.654. The maximum absolute atomic E-state index is 13.5.